The number of hydrogen-bond donors (Lipinski definition) is 4. The Morgan fingerprint density at radius 3 is 2.40 bits per heavy atom. The van der Waals surface area contributed by atoms with Crippen LogP contribution < -0.4 is 10.6 Å². The zero-order valence-electron chi connectivity index (χ0n) is 17.5. The quantitative estimate of drug-likeness (QED) is 0.290. The first kappa shape index (κ1) is 23.5. The molecular weight excluding hydrogens is 396 g/mol. The zero-order chi connectivity index (χ0) is 22.7. The maximum absolute atomic E-state index is 12.4. The van der Waals surface area contributed by atoms with Crippen molar-refractivity contribution in [2.75, 3.05) is 26.3 Å². The molecule has 2 rings (SSSR count). The molecule has 1 aliphatic heterocycles. The van der Waals surface area contributed by atoms with Crippen LogP contribution in [-0.4, -0.2) is 70.2 Å². The van der Waals surface area contributed by atoms with E-state index in [1.54, 1.807) is 25.7 Å². The molecule has 30 heavy (non-hydrogen) atoms. The number of ether oxygens (including phenoxy) is 1. The molecule has 4 N–H and O–H groups in total. The molecule has 1 heterocycles. The second-order valence-electron chi connectivity index (χ2n) is 7.88. The van der Waals surface area contributed by atoms with Gasteiger partial charge in [-0.15, -0.1) is 0 Å². The highest BCUT2D eigenvalue weighted by molar-refractivity contribution is 5.93. The largest absolute Gasteiger partial charge is 0.477 e. The third kappa shape index (κ3) is 4.86. The summed E-state index contributed by atoms with van der Waals surface area (Å²) in [4.78, 5) is 36.3. The first-order valence-corrected chi connectivity index (χ1v) is 9.53. The summed E-state index contributed by atoms with van der Waals surface area (Å²) in [6.07, 6.45) is -0.684. The molecule has 1 aliphatic rings. The number of carbonyl (C=O) groups excluding carboxylic acids is 1. The molecule has 2 unspecified atom stereocenters. The van der Waals surface area contributed by atoms with Crippen LogP contribution >= 0.6 is 0 Å². The van der Waals surface area contributed by atoms with Crippen molar-refractivity contribution in [3.63, 3.8) is 0 Å². The summed E-state index contributed by atoms with van der Waals surface area (Å²) in [6, 6.07) is 3.63. The van der Waals surface area contributed by atoms with Crippen molar-refractivity contribution < 1.29 is 29.5 Å². The standard InChI is InChI=1S/C19H28N4O7/c1-12(20-17(26)22-8-10-30-11-9-22)21-19(4,27)18(2,3)14-7-5-6-13(16(24)25)15(14)23(28)29/h5-7,12,21,27H,8-11H2,1-4H3,(H,20,26)(H,24,25). The molecule has 0 saturated carbocycles. The highest BCUT2D eigenvalue weighted by Crippen LogP contribution is 2.40. The highest BCUT2D eigenvalue weighted by atomic mass is 16.6. The number of nitro benzene ring substituents is 1. The fourth-order valence-corrected chi connectivity index (χ4v) is 3.36. The lowest BCUT2D eigenvalue weighted by atomic mass is 9.74. The number of urea groups is 1. The van der Waals surface area contributed by atoms with Crippen molar-refractivity contribution in [2.45, 2.75) is 45.0 Å². The summed E-state index contributed by atoms with van der Waals surface area (Å²) in [5, 5.41) is 37.7. The number of carbonyl (C=O) groups is 2. The van der Waals surface area contributed by atoms with E-state index in [0.29, 0.717) is 26.3 Å². The Kier molecular flexibility index (Phi) is 7.01. The van der Waals surface area contributed by atoms with Gasteiger partial charge in [0, 0.05) is 24.1 Å². The number of morpholine rings is 1. The van der Waals surface area contributed by atoms with Crippen molar-refractivity contribution in [3.8, 4) is 0 Å². The van der Waals surface area contributed by atoms with E-state index < -0.39 is 39.4 Å². The third-order valence-electron chi connectivity index (χ3n) is 5.48. The van der Waals surface area contributed by atoms with Crippen molar-refractivity contribution in [1.29, 1.82) is 0 Å². The van der Waals surface area contributed by atoms with E-state index in [2.05, 4.69) is 10.6 Å². The Labute approximate surface area is 174 Å². The molecule has 2 atom stereocenters. The van der Waals surface area contributed by atoms with Gasteiger partial charge in [0.15, 0.2) is 0 Å². The number of amides is 2. The molecule has 166 valence electrons. The van der Waals surface area contributed by atoms with Gasteiger partial charge < -0.3 is 25.2 Å². The number of carboxylic acid groups (broad SMARTS) is 1. The number of nitrogens with zero attached hydrogens (tertiary/aromatic N) is 2. The van der Waals surface area contributed by atoms with Crippen LogP contribution in [0.3, 0.4) is 0 Å². The molecule has 2 amide bonds. The minimum atomic E-state index is -1.74. The van der Waals surface area contributed by atoms with Crippen molar-refractivity contribution in [3.05, 3.63) is 39.4 Å². The Bertz CT molecular complexity index is 819. The van der Waals surface area contributed by atoms with Gasteiger partial charge in [0.25, 0.3) is 5.69 Å². The zero-order valence-corrected chi connectivity index (χ0v) is 17.5. The second-order valence-corrected chi connectivity index (χ2v) is 7.88. The summed E-state index contributed by atoms with van der Waals surface area (Å²) < 4.78 is 5.21. The van der Waals surface area contributed by atoms with Crippen molar-refractivity contribution in [1.82, 2.24) is 15.5 Å². The fourth-order valence-electron chi connectivity index (χ4n) is 3.36. The fraction of sp³-hybridized carbons (Fsp3) is 0.579. The molecule has 1 aromatic rings. The van der Waals surface area contributed by atoms with Gasteiger partial charge in [0.05, 0.1) is 24.3 Å². The van der Waals surface area contributed by atoms with Crippen LogP contribution in [0.2, 0.25) is 0 Å². The maximum Gasteiger partial charge on any atom is 0.342 e. The van der Waals surface area contributed by atoms with Crippen LogP contribution in [0.25, 0.3) is 0 Å². The molecule has 1 saturated heterocycles. The van der Waals surface area contributed by atoms with Gasteiger partial charge in [-0.1, -0.05) is 26.0 Å². The lowest BCUT2D eigenvalue weighted by Gasteiger charge is -2.42. The number of nitrogens with one attached hydrogen (secondary N) is 2. The number of rotatable bonds is 7. The van der Waals surface area contributed by atoms with Crippen molar-refractivity contribution in [2.24, 2.45) is 0 Å². The topological polar surface area (TPSA) is 154 Å². The summed E-state index contributed by atoms with van der Waals surface area (Å²) in [5.41, 5.74) is -4.03. The van der Waals surface area contributed by atoms with Gasteiger partial charge in [0.2, 0.25) is 0 Å². The van der Waals surface area contributed by atoms with E-state index in [1.807, 2.05) is 0 Å². The number of para-hydroxylation sites is 1. The number of benzene rings is 1. The molecular formula is C19H28N4O7. The Hall–Kier alpha value is -2.76. The smallest absolute Gasteiger partial charge is 0.342 e. The molecule has 1 fully saturated rings. The van der Waals surface area contributed by atoms with Crippen LogP contribution in [0.15, 0.2) is 18.2 Å². The average molecular weight is 424 g/mol. The minimum Gasteiger partial charge on any atom is -0.477 e. The van der Waals surface area contributed by atoms with E-state index in [1.165, 1.54) is 19.1 Å². The number of aliphatic hydroxyl groups is 1. The highest BCUT2D eigenvalue weighted by Gasteiger charge is 2.46. The van der Waals surface area contributed by atoms with Gasteiger partial charge in [-0.25, -0.2) is 9.59 Å². The molecule has 0 radical (unpaired) electrons. The SMILES string of the molecule is CC(NC(=O)N1CCOCC1)NC(C)(O)C(C)(C)c1cccc(C(=O)O)c1[N+](=O)[O-]. The van der Waals surface area contributed by atoms with Crippen LogP contribution in [-0.2, 0) is 10.2 Å². The minimum absolute atomic E-state index is 0.0524. The first-order valence-electron chi connectivity index (χ1n) is 9.53. The van der Waals surface area contributed by atoms with Gasteiger partial charge in [0.1, 0.15) is 11.3 Å². The monoisotopic (exact) mass is 424 g/mol. The lowest BCUT2D eigenvalue weighted by Crippen LogP contribution is -2.63. The van der Waals surface area contributed by atoms with Gasteiger partial charge in [-0.05, 0) is 19.9 Å². The van der Waals surface area contributed by atoms with Gasteiger partial charge in [-0.2, -0.15) is 0 Å². The van der Waals surface area contributed by atoms with E-state index in [0.717, 1.165) is 6.07 Å². The number of hydrogen-bond acceptors (Lipinski definition) is 7. The molecule has 11 nitrogen and oxygen atoms in total. The predicted octanol–water partition coefficient (Wildman–Crippen LogP) is 1.26. The van der Waals surface area contributed by atoms with Crippen LogP contribution in [0.5, 0.6) is 0 Å². The Morgan fingerprint density at radius 1 is 1.27 bits per heavy atom. The maximum atomic E-state index is 12.4. The molecule has 0 aliphatic carbocycles. The predicted molar refractivity (Wildman–Crippen MR) is 107 cm³/mol. The molecule has 0 spiro atoms. The molecule has 0 aromatic heterocycles. The van der Waals surface area contributed by atoms with Gasteiger partial charge in [-0.3, -0.25) is 15.4 Å². The van der Waals surface area contributed by atoms with E-state index in [4.69, 9.17) is 4.74 Å². The first-order chi connectivity index (χ1) is 13.9. The Morgan fingerprint density at radius 2 is 1.87 bits per heavy atom. The summed E-state index contributed by atoms with van der Waals surface area (Å²) in [6.45, 7) is 7.97. The van der Waals surface area contributed by atoms with E-state index in [-0.39, 0.29) is 11.6 Å². The normalized spacial score (nSPS) is 17.7. The van der Waals surface area contributed by atoms with E-state index >= 15 is 0 Å². The van der Waals surface area contributed by atoms with Crippen LogP contribution in [0.1, 0.15) is 43.6 Å². The summed E-state index contributed by atoms with van der Waals surface area (Å²) >= 11 is 0. The van der Waals surface area contributed by atoms with Crippen molar-refractivity contribution >= 4 is 17.7 Å². The van der Waals surface area contributed by atoms with Gasteiger partial charge >= 0.3 is 12.0 Å². The second kappa shape index (κ2) is 8.94. The summed E-state index contributed by atoms with van der Waals surface area (Å²) in [7, 11) is 0. The van der Waals surface area contributed by atoms with E-state index in [9.17, 15) is 29.9 Å². The molecule has 1 aromatic carbocycles. The van der Waals surface area contributed by atoms with Crippen LogP contribution in [0.4, 0.5) is 10.5 Å². The average Bonchev–Trinajstić information content (AvgIpc) is 2.67. The Balaban J connectivity index is 2.25. The summed E-state index contributed by atoms with van der Waals surface area (Å²) in [5.74, 6) is -1.43. The molecule has 11 heteroatoms. The molecule has 0 bridgehead atoms. The number of carboxylic acids is 1. The van der Waals surface area contributed by atoms with Crippen LogP contribution in [0, 0.1) is 10.1 Å². The third-order valence-corrected chi connectivity index (χ3v) is 5.48. The number of nitro groups is 1. The number of aromatic carboxylic acids is 1. The lowest BCUT2D eigenvalue weighted by molar-refractivity contribution is -0.386.